The van der Waals surface area contributed by atoms with E-state index in [2.05, 4.69) is 27.6 Å². The van der Waals surface area contributed by atoms with E-state index >= 15 is 0 Å². The zero-order valence-corrected chi connectivity index (χ0v) is 14.1. The van der Waals surface area contributed by atoms with E-state index in [1.165, 1.54) is 6.42 Å². The van der Waals surface area contributed by atoms with Gasteiger partial charge in [0.1, 0.15) is 0 Å². The van der Waals surface area contributed by atoms with Crippen LogP contribution in [0.3, 0.4) is 0 Å². The maximum atomic E-state index is 12.7. The molecule has 1 saturated heterocycles. The van der Waals surface area contributed by atoms with Gasteiger partial charge in [-0.2, -0.15) is 13.2 Å². The normalized spacial score (nSPS) is 30.5. The molecule has 1 atom stereocenters. The van der Waals surface area contributed by atoms with Crippen LogP contribution < -0.4 is 10.6 Å². The number of nitrogens with one attached hydrogen (secondary N) is 2. The lowest BCUT2D eigenvalue weighted by molar-refractivity contribution is -0.183. The Morgan fingerprint density at radius 1 is 1.04 bits per heavy atom. The van der Waals surface area contributed by atoms with Crippen LogP contribution in [0.4, 0.5) is 13.2 Å². The lowest BCUT2D eigenvalue weighted by Gasteiger charge is -2.30. The van der Waals surface area contributed by atoms with E-state index in [9.17, 15) is 13.2 Å². The molecule has 134 valence electrons. The van der Waals surface area contributed by atoms with E-state index < -0.39 is 12.1 Å². The van der Waals surface area contributed by atoms with Crippen molar-refractivity contribution in [2.24, 2.45) is 22.7 Å². The number of aliphatic imine (C=N–C) groups is 1. The van der Waals surface area contributed by atoms with Crippen LogP contribution in [0.5, 0.6) is 0 Å². The van der Waals surface area contributed by atoms with Crippen LogP contribution in [-0.2, 0) is 0 Å². The van der Waals surface area contributed by atoms with Crippen molar-refractivity contribution in [1.29, 1.82) is 0 Å². The Balaban J connectivity index is 1.64. The molecule has 0 aromatic heterocycles. The third-order valence-corrected chi connectivity index (χ3v) is 5.14. The van der Waals surface area contributed by atoms with Crippen molar-refractivity contribution < 1.29 is 13.2 Å². The fourth-order valence-corrected chi connectivity index (χ4v) is 3.59. The summed E-state index contributed by atoms with van der Waals surface area (Å²) in [5.41, 5.74) is 0. The summed E-state index contributed by atoms with van der Waals surface area (Å²) < 4.78 is 38.0. The molecular formula is C16H29F3N4. The average Bonchev–Trinajstić information content (AvgIpc) is 2.92. The minimum atomic E-state index is -4.02. The number of guanidine groups is 1. The van der Waals surface area contributed by atoms with Gasteiger partial charge in [0, 0.05) is 26.7 Å². The first-order valence-electron chi connectivity index (χ1n) is 8.58. The second kappa shape index (κ2) is 8.22. The Morgan fingerprint density at radius 2 is 1.65 bits per heavy atom. The van der Waals surface area contributed by atoms with Crippen LogP contribution in [0.2, 0.25) is 0 Å². The predicted octanol–water partition coefficient (Wildman–Crippen LogP) is 2.47. The van der Waals surface area contributed by atoms with Crippen molar-refractivity contribution >= 4 is 5.96 Å². The number of nitrogens with zero attached hydrogens (tertiary/aromatic N) is 2. The summed E-state index contributed by atoms with van der Waals surface area (Å²) in [4.78, 5) is 6.53. The zero-order valence-electron chi connectivity index (χ0n) is 14.1. The van der Waals surface area contributed by atoms with Crippen molar-refractivity contribution in [2.45, 2.75) is 38.3 Å². The molecule has 2 aliphatic rings. The molecule has 2 fully saturated rings. The van der Waals surface area contributed by atoms with E-state index in [0.29, 0.717) is 31.2 Å². The Hall–Kier alpha value is -0.980. The third-order valence-electron chi connectivity index (χ3n) is 5.14. The topological polar surface area (TPSA) is 39.7 Å². The third kappa shape index (κ3) is 5.86. The minimum Gasteiger partial charge on any atom is -0.356 e. The standard InChI is InChI=1S/C16H29F3N4/c1-20-15(22-10-13-7-8-23(2)11-13)21-9-12-3-5-14(6-4-12)16(17,18)19/h12-14H,3-11H2,1-2H3,(H2,20,21,22). The number of rotatable bonds is 4. The highest BCUT2D eigenvalue weighted by Crippen LogP contribution is 2.39. The molecular weight excluding hydrogens is 305 g/mol. The largest absolute Gasteiger partial charge is 0.391 e. The molecule has 1 heterocycles. The molecule has 0 aromatic carbocycles. The number of alkyl halides is 3. The van der Waals surface area contributed by atoms with Gasteiger partial charge >= 0.3 is 6.18 Å². The predicted molar refractivity (Wildman–Crippen MR) is 86.5 cm³/mol. The molecule has 0 spiro atoms. The average molecular weight is 334 g/mol. The Kier molecular flexibility index (Phi) is 6.56. The van der Waals surface area contributed by atoms with Crippen molar-refractivity contribution in [3.63, 3.8) is 0 Å². The first kappa shape index (κ1) is 18.4. The highest BCUT2D eigenvalue weighted by Gasteiger charge is 2.41. The van der Waals surface area contributed by atoms with Gasteiger partial charge in [-0.05, 0) is 57.5 Å². The number of halogens is 3. The summed E-state index contributed by atoms with van der Waals surface area (Å²) in [6.45, 7) is 3.84. The van der Waals surface area contributed by atoms with Crippen LogP contribution in [0, 0.1) is 17.8 Å². The van der Waals surface area contributed by atoms with E-state index in [1.54, 1.807) is 7.05 Å². The number of hydrogen-bond acceptors (Lipinski definition) is 2. The fraction of sp³-hybridized carbons (Fsp3) is 0.938. The van der Waals surface area contributed by atoms with Crippen LogP contribution in [0.25, 0.3) is 0 Å². The summed E-state index contributed by atoms with van der Waals surface area (Å²) in [6, 6.07) is 0. The quantitative estimate of drug-likeness (QED) is 0.613. The van der Waals surface area contributed by atoms with Crippen LogP contribution in [-0.4, -0.2) is 57.3 Å². The number of likely N-dealkylation sites (tertiary alicyclic amines) is 1. The smallest absolute Gasteiger partial charge is 0.356 e. The summed E-state index contributed by atoms with van der Waals surface area (Å²) >= 11 is 0. The van der Waals surface area contributed by atoms with Crippen molar-refractivity contribution in [2.75, 3.05) is 40.3 Å². The summed E-state index contributed by atoms with van der Waals surface area (Å²) in [5, 5.41) is 6.61. The van der Waals surface area contributed by atoms with Gasteiger partial charge in [-0.3, -0.25) is 4.99 Å². The molecule has 0 radical (unpaired) electrons. The first-order valence-corrected chi connectivity index (χ1v) is 8.58. The summed E-state index contributed by atoms with van der Waals surface area (Å²) in [7, 11) is 3.86. The van der Waals surface area contributed by atoms with Gasteiger partial charge in [0.25, 0.3) is 0 Å². The number of hydrogen-bond donors (Lipinski definition) is 2. The second-order valence-electron chi connectivity index (χ2n) is 7.01. The molecule has 7 heteroatoms. The van der Waals surface area contributed by atoms with E-state index in [1.807, 2.05) is 0 Å². The van der Waals surface area contributed by atoms with Gasteiger partial charge in [-0.15, -0.1) is 0 Å². The molecule has 2 N–H and O–H groups in total. The molecule has 23 heavy (non-hydrogen) atoms. The van der Waals surface area contributed by atoms with Crippen molar-refractivity contribution in [3.05, 3.63) is 0 Å². The first-order chi connectivity index (χ1) is 10.9. The van der Waals surface area contributed by atoms with E-state index in [-0.39, 0.29) is 12.8 Å². The highest BCUT2D eigenvalue weighted by molar-refractivity contribution is 5.79. The van der Waals surface area contributed by atoms with Gasteiger partial charge in [0.2, 0.25) is 0 Å². The molecule has 0 amide bonds. The summed E-state index contributed by atoms with van der Waals surface area (Å²) in [6.07, 6.45) is -1.03. The molecule has 2 rings (SSSR count). The molecule has 1 saturated carbocycles. The van der Waals surface area contributed by atoms with Gasteiger partial charge in [0.05, 0.1) is 5.92 Å². The Bertz CT molecular complexity index is 389. The van der Waals surface area contributed by atoms with Crippen LogP contribution >= 0.6 is 0 Å². The molecule has 1 unspecified atom stereocenters. The lowest BCUT2D eigenvalue weighted by atomic mass is 9.81. The van der Waals surface area contributed by atoms with Crippen LogP contribution in [0.1, 0.15) is 32.1 Å². The fourth-order valence-electron chi connectivity index (χ4n) is 3.59. The Labute approximate surface area is 136 Å². The summed E-state index contributed by atoms with van der Waals surface area (Å²) in [5.74, 6) is 0.610. The van der Waals surface area contributed by atoms with E-state index in [4.69, 9.17) is 0 Å². The van der Waals surface area contributed by atoms with Crippen LogP contribution in [0.15, 0.2) is 4.99 Å². The Morgan fingerprint density at radius 3 is 2.13 bits per heavy atom. The van der Waals surface area contributed by atoms with Gasteiger partial charge in [0.15, 0.2) is 5.96 Å². The maximum Gasteiger partial charge on any atom is 0.391 e. The zero-order chi connectivity index (χ0) is 16.9. The van der Waals surface area contributed by atoms with Gasteiger partial charge in [-0.25, -0.2) is 0 Å². The SMILES string of the molecule is CN=C(NCC1CCC(C(F)(F)F)CC1)NCC1CCN(C)C1. The molecule has 4 nitrogen and oxygen atoms in total. The second-order valence-corrected chi connectivity index (χ2v) is 7.01. The van der Waals surface area contributed by atoms with Gasteiger partial charge < -0.3 is 15.5 Å². The molecule has 1 aliphatic carbocycles. The van der Waals surface area contributed by atoms with E-state index in [0.717, 1.165) is 25.6 Å². The maximum absolute atomic E-state index is 12.7. The highest BCUT2D eigenvalue weighted by atomic mass is 19.4. The lowest BCUT2D eigenvalue weighted by Crippen LogP contribution is -2.42. The van der Waals surface area contributed by atoms with Crippen molar-refractivity contribution in [3.8, 4) is 0 Å². The molecule has 0 aromatic rings. The van der Waals surface area contributed by atoms with Crippen molar-refractivity contribution in [1.82, 2.24) is 15.5 Å². The monoisotopic (exact) mass is 334 g/mol. The molecule has 1 aliphatic heterocycles. The van der Waals surface area contributed by atoms with Gasteiger partial charge in [-0.1, -0.05) is 0 Å². The minimum absolute atomic E-state index is 0.260. The molecule has 0 bridgehead atoms.